The highest BCUT2D eigenvalue weighted by Gasteiger charge is 2.61. The van der Waals surface area contributed by atoms with E-state index >= 15 is 0 Å². The summed E-state index contributed by atoms with van der Waals surface area (Å²) in [6.07, 6.45) is -4.96. The molecule has 0 radical (unpaired) electrons. The Morgan fingerprint density at radius 2 is 0.938 bits per heavy atom. The average Bonchev–Trinajstić information content (AvgIpc) is 1.72. The van der Waals surface area contributed by atoms with Crippen LogP contribution in [0.4, 0.5) is 17.6 Å². The molecule has 0 aliphatic heterocycles. The molecule has 0 aromatic rings. The second-order valence-electron chi connectivity index (χ2n) is 3.05. The molecule has 0 aromatic heterocycles. The van der Waals surface area contributed by atoms with Gasteiger partial charge in [-0.25, -0.2) is 0 Å². The van der Waals surface area contributed by atoms with E-state index in [1.165, 1.54) is 0 Å². The topological polar surface area (TPSA) is 115 Å². The second kappa shape index (κ2) is 4.36. The minimum atomic E-state index is -5.43. The molecule has 98 valence electrons. The molecule has 6 nitrogen and oxygen atoms in total. The van der Waals surface area contributed by atoms with Crippen LogP contribution < -0.4 is 0 Å². The smallest absolute Gasteiger partial charge is 0.324 e. The van der Waals surface area contributed by atoms with E-state index in [2.05, 4.69) is 0 Å². The van der Waals surface area contributed by atoms with Crippen LogP contribution in [0.3, 0.4) is 0 Å². The van der Waals surface area contributed by atoms with Crippen LogP contribution in [0.15, 0.2) is 0 Å². The molecular formula is C4H8F4O6P2. The van der Waals surface area contributed by atoms with Crippen molar-refractivity contribution in [2.75, 3.05) is 12.3 Å². The number of rotatable bonds is 5. The third kappa shape index (κ3) is 5.38. The highest BCUT2D eigenvalue weighted by Crippen LogP contribution is 2.51. The molecule has 0 rings (SSSR count). The zero-order valence-electron chi connectivity index (χ0n) is 7.43. The van der Waals surface area contributed by atoms with Gasteiger partial charge in [0.1, 0.15) is 12.3 Å². The Morgan fingerprint density at radius 1 is 0.750 bits per heavy atom. The van der Waals surface area contributed by atoms with Gasteiger partial charge in [-0.15, -0.1) is 0 Å². The average molecular weight is 290 g/mol. The second-order valence-corrected chi connectivity index (χ2v) is 6.35. The lowest BCUT2D eigenvalue weighted by Gasteiger charge is -2.26. The molecule has 0 spiro atoms. The summed E-state index contributed by atoms with van der Waals surface area (Å²) in [5.41, 5.74) is 0. The van der Waals surface area contributed by atoms with Crippen LogP contribution in [0.5, 0.6) is 0 Å². The summed E-state index contributed by atoms with van der Waals surface area (Å²) in [4.78, 5) is 32.5. The minimum Gasteiger partial charge on any atom is -0.324 e. The highest BCUT2D eigenvalue weighted by molar-refractivity contribution is 7.52. The van der Waals surface area contributed by atoms with Gasteiger partial charge in [0.2, 0.25) is 0 Å². The van der Waals surface area contributed by atoms with Crippen LogP contribution in [0.2, 0.25) is 0 Å². The van der Waals surface area contributed by atoms with E-state index in [1.807, 2.05) is 0 Å². The van der Waals surface area contributed by atoms with Crippen LogP contribution in [0, 0.1) is 0 Å². The van der Waals surface area contributed by atoms with Gasteiger partial charge in [0.05, 0.1) is 0 Å². The predicted molar refractivity (Wildman–Crippen MR) is 43.7 cm³/mol. The molecule has 12 heteroatoms. The van der Waals surface area contributed by atoms with E-state index in [9.17, 15) is 26.7 Å². The Hall–Kier alpha value is 0.0200. The van der Waals surface area contributed by atoms with Gasteiger partial charge in [-0.3, -0.25) is 9.13 Å². The molecule has 16 heavy (non-hydrogen) atoms. The fourth-order valence-electron chi connectivity index (χ4n) is 0.749. The molecule has 0 saturated carbocycles. The number of alkyl halides is 4. The Bertz CT molecular complexity index is 310. The van der Waals surface area contributed by atoms with Crippen molar-refractivity contribution in [3.05, 3.63) is 0 Å². The fraction of sp³-hybridized carbons (Fsp3) is 1.00. The van der Waals surface area contributed by atoms with Crippen molar-refractivity contribution in [3.8, 4) is 0 Å². The fourth-order valence-corrected chi connectivity index (χ4v) is 2.25. The maximum absolute atomic E-state index is 12.6. The molecule has 0 saturated heterocycles. The zero-order valence-corrected chi connectivity index (χ0v) is 9.21. The first kappa shape index (κ1) is 16.0. The Kier molecular flexibility index (Phi) is 4.37. The van der Waals surface area contributed by atoms with Crippen molar-refractivity contribution in [3.63, 3.8) is 0 Å². The lowest BCUT2D eigenvalue weighted by atomic mass is 10.2. The van der Waals surface area contributed by atoms with Gasteiger partial charge in [0.25, 0.3) is 0 Å². The Balaban J connectivity index is 4.99. The molecular weight excluding hydrogens is 282 g/mol. The summed E-state index contributed by atoms with van der Waals surface area (Å²) >= 11 is 0. The zero-order chi connectivity index (χ0) is 13.4. The van der Waals surface area contributed by atoms with Gasteiger partial charge in [-0.05, 0) is 0 Å². The standard InChI is InChI=1S/C4H8F4O6P2/c5-3(6,1-15(9,10)11)4(7,8)2-16(12,13)14/h1-2H2,(H2,9,10,11)(H2,12,13,14). The van der Waals surface area contributed by atoms with Crippen molar-refractivity contribution in [1.82, 2.24) is 0 Å². The summed E-state index contributed by atoms with van der Waals surface area (Å²) in [5.74, 6) is -10.4. The van der Waals surface area contributed by atoms with E-state index in [-0.39, 0.29) is 0 Å². The highest BCUT2D eigenvalue weighted by atomic mass is 31.2. The summed E-state index contributed by atoms with van der Waals surface area (Å²) in [6.45, 7) is 0. The number of hydrogen-bond acceptors (Lipinski definition) is 2. The molecule has 0 aliphatic rings. The van der Waals surface area contributed by atoms with Crippen molar-refractivity contribution >= 4 is 15.2 Å². The van der Waals surface area contributed by atoms with Gasteiger partial charge < -0.3 is 19.6 Å². The monoisotopic (exact) mass is 290 g/mol. The lowest BCUT2D eigenvalue weighted by Crippen LogP contribution is -2.46. The molecule has 0 bridgehead atoms. The van der Waals surface area contributed by atoms with Crippen LogP contribution in [-0.2, 0) is 9.13 Å². The maximum Gasteiger partial charge on any atom is 0.331 e. The summed E-state index contributed by atoms with van der Waals surface area (Å²) in [5, 5.41) is 0. The first-order chi connectivity index (χ1) is 6.66. The summed E-state index contributed by atoms with van der Waals surface area (Å²) in [6, 6.07) is 0. The maximum atomic E-state index is 12.6. The molecule has 0 aliphatic carbocycles. The number of halogens is 4. The van der Waals surface area contributed by atoms with Gasteiger partial charge in [-0.1, -0.05) is 0 Å². The van der Waals surface area contributed by atoms with E-state index < -0.39 is 39.4 Å². The van der Waals surface area contributed by atoms with Crippen molar-refractivity contribution in [2.24, 2.45) is 0 Å². The van der Waals surface area contributed by atoms with Crippen LogP contribution in [0.1, 0.15) is 0 Å². The molecule has 0 unspecified atom stereocenters. The number of hydrogen-bond donors (Lipinski definition) is 4. The van der Waals surface area contributed by atoms with Crippen molar-refractivity contribution in [2.45, 2.75) is 11.8 Å². The third-order valence-corrected chi connectivity index (χ3v) is 2.96. The van der Waals surface area contributed by atoms with E-state index in [0.717, 1.165) is 0 Å². The van der Waals surface area contributed by atoms with Crippen LogP contribution >= 0.6 is 15.2 Å². The van der Waals surface area contributed by atoms with Gasteiger partial charge in [0.15, 0.2) is 0 Å². The lowest BCUT2D eigenvalue weighted by molar-refractivity contribution is -0.183. The SMILES string of the molecule is O=P(O)(O)CC(F)(F)C(F)(F)CP(=O)(O)O. The van der Waals surface area contributed by atoms with E-state index in [0.29, 0.717) is 0 Å². The van der Waals surface area contributed by atoms with Gasteiger partial charge >= 0.3 is 27.0 Å². The molecule has 0 amide bonds. The molecule has 0 fully saturated rings. The summed E-state index contributed by atoms with van der Waals surface area (Å²) in [7, 11) is -10.9. The Morgan fingerprint density at radius 3 is 1.06 bits per heavy atom. The third-order valence-electron chi connectivity index (χ3n) is 1.34. The van der Waals surface area contributed by atoms with E-state index in [4.69, 9.17) is 19.6 Å². The first-order valence-corrected chi connectivity index (χ1v) is 7.11. The molecule has 0 atom stereocenters. The molecule has 0 aromatic carbocycles. The normalized spacial score (nSPS) is 15.2. The quantitative estimate of drug-likeness (QED) is 0.435. The largest absolute Gasteiger partial charge is 0.331 e. The molecule has 0 heterocycles. The predicted octanol–water partition coefficient (Wildman–Crippen LogP) is 0.612. The molecule has 4 N–H and O–H groups in total. The summed E-state index contributed by atoms with van der Waals surface area (Å²) < 4.78 is 70.9. The van der Waals surface area contributed by atoms with Crippen LogP contribution in [-0.4, -0.2) is 43.7 Å². The van der Waals surface area contributed by atoms with Crippen LogP contribution in [0.25, 0.3) is 0 Å². The van der Waals surface area contributed by atoms with Gasteiger partial charge in [0, 0.05) is 0 Å². The first-order valence-electron chi connectivity index (χ1n) is 3.51. The van der Waals surface area contributed by atoms with E-state index in [1.54, 1.807) is 0 Å². The van der Waals surface area contributed by atoms with Gasteiger partial charge in [-0.2, -0.15) is 17.6 Å². The van der Waals surface area contributed by atoms with Crippen molar-refractivity contribution in [1.29, 1.82) is 0 Å². The minimum absolute atomic E-state index is 2.48. The van der Waals surface area contributed by atoms with Crippen molar-refractivity contribution < 1.29 is 46.3 Å². The Labute approximate surface area is 86.6 Å².